The van der Waals surface area contributed by atoms with E-state index in [1.54, 1.807) is 0 Å². The molecule has 1 aromatic rings. The molecule has 0 aliphatic heterocycles. The third-order valence-corrected chi connectivity index (χ3v) is 3.53. The quantitative estimate of drug-likeness (QED) is 0.858. The number of aromatic nitrogens is 1. The molecule has 0 radical (unpaired) electrons. The Bertz CT molecular complexity index is 350. The summed E-state index contributed by atoms with van der Waals surface area (Å²) in [6.07, 6.45) is 11.0. The van der Waals surface area contributed by atoms with Crippen molar-refractivity contribution in [3.05, 3.63) is 35.7 Å². The molecule has 1 aliphatic carbocycles. The fourth-order valence-electron chi connectivity index (χ4n) is 2.64. The van der Waals surface area contributed by atoms with Crippen LogP contribution in [0.15, 0.2) is 30.0 Å². The van der Waals surface area contributed by atoms with Gasteiger partial charge in [0, 0.05) is 12.7 Å². The van der Waals surface area contributed by atoms with Crippen molar-refractivity contribution in [1.82, 2.24) is 10.3 Å². The second-order valence-electron chi connectivity index (χ2n) is 4.84. The maximum absolute atomic E-state index is 4.39. The van der Waals surface area contributed by atoms with Crippen molar-refractivity contribution in [2.24, 2.45) is 5.92 Å². The molecule has 0 aromatic carbocycles. The van der Waals surface area contributed by atoms with Crippen molar-refractivity contribution in [1.29, 1.82) is 0 Å². The largest absolute Gasteiger partial charge is 0.316 e. The topological polar surface area (TPSA) is 24.9 Å². The summed E-state index contributed by atoms with van der Waals surface area (Å²) in [5.41, 5.74) is 2.61. The van der Waals surface area contributed by atoms with Gasteiger partial charge in [0.15, 0.2) is 0 Å². The van der Waals surface area contributed by atoms with Crippen molar-refractivity contribution in [3.8, 4) is 0 Å². The molecule has 0 unspecified atom stereocenters. The summed E-state index contributed by atoms with van der Waals surface area (Å²) in [4.78, 5) is 4.39. The molecule has 1 heterocycles. The van der Waals surface area contributed by atoms with Gasteiger partial charge in [0.25, 0.3) is 0 Å². The summed E-state index contributed by atoms with van der Waals surface area (Å²) in [6, 6.07) is 6.10. The number of pyridine rings is 1. The minimum atomic E-state index is 0.762. The SMILES string of the molecule is CNCC(=Cc1ccccn1)C1CCCCC1. The highest BCUT2D eigenvalue weighted by molar-refractivity contribution is 5.49. The van der Waals surface area contributed by atoms with Gasteiger partial charge >= 0.3 is 0 Å². The lowest BCUT2D eigenvalue weighted by Crippen LogP contribution is -2.19. The molecular weight excluding hydrogens is 208 g/mol. The van der Waals surface area contributed by atoms with E-state index in [0.29, 0.717) is 0 Å². The second kappa shape index (κ2) is 6.55. The molecule has 2 rings (SSSR count). The standard InChI is InChI=1S/C15H22N2/c1-16-12-14(13-7-3-2-4-8-13)11-15-9-5-6-10-17-15/h5-6,9-11,13,16H,2-4,7-8,12H2,1H3. The zero-order chi connectivity index (χ0) is 11.9. The highest BCUT2D eigenvalue weighted by Crippen LogP contribution is 2.30. The normalized spacial score (nSPS) is 18.3. The van der Waals surface area contributed by atoms with Gasteiger partial charge in [-0.05, 0) is 44.0 Å². The van der Waals surface area contributed by atoms with Crippen molar-refractivity contribution in [2.75, 3.05) is 13.6 Å². The number of nitrogens with zero attached hydrogens (tertiary/aromatic N) is 1. The molecule has 1 aliphatic rings. The fraction of sp³-hybridized carbons (Fsp3) is 0.533. The zero-order valence-corrected chi connectivity index (χ0v) is 10.7. The molecule has 0 saturated heterocycles. The number of nitrogens with one attached hydrogen (secondary N) is 1. The summed E-state index contributed by atoms with van der Waals surface area (Å²) in [5.74, 6) is 0.762. The van der Waals surface area contributed by atoms with Gasteiger partial charge in [-0.1, -0.05) is 30.9 Å². The molecule has 17 heavy (non-hydrogen) atoms. The Kier molecular flexibility index (Phi) is 4.75. The number of rotatable bonds is 4. The Morgan fingerprint density at radius 1 is 1.35 bits per heavy atom. The van der Waals surface area contributed by atoms with Gasteiger partial charge in [-0.3, -0.25) is 4.98 Å². The number of hydrogen-bond donors (Lipinski definition) is 1. The molecule has 0 spiro atoms. The molecule has 1 saturated carbocycles. The van der Waals surface area contributed by atoms with Crippen LogP contribution in [0.25, 0.3) is 6.08 Å². The van der Waals surface area contributed by atoms with Crippen molar-refractivity contribution >= 4 is 6.08 Å². The van der Waals surface area contributed by atoms with E-state index in [4.69, 9.17) is 0 Å². The first-order valence-electron chi connectivity index (χ1n) is 6.66. The van der Waals surface area contributed by atoms with Crippen LogP contribution in [-0.4, -0.2) is 18.6 Å². The minimum absolute atomic E-state index is 0.762. The smallest absolute Gasteiger partial charge is 0.0629 e. The molecule has 1 fully saturated rings. The molecule has 92 valence electrons. The van der Waals surface area contributed by atoms with Gasteiger partial charge < -0.3 is 5.32 Å². The summed E-state index contributed by atoms with van der Waals surface area (Å²) in [7, 11) is 2.02. The van der Waals surface area contributed by atoms with Crippen LogP contribution in [0.4, 0.5) is 0 Å². The van der Waals surface area contributed by atoms with Crippen LogP contribution in [0.2, 0.25) is 0 Å². The maximum atomic E-state index is 4.39. The highest BCUT2D eigenvalue weighted by Gasteiger charge is 2.17. The fourth-order valence-corrected chi connectivity index (χ4v) is 2.64. The summed E-state index contributed by atoms with van der Waals surface area (Å²) >= 11 is 0. The molecule has 0 amide bonds. The van der Waals surface area contributed by atoms with Gasteiger partial charge in [-0.25, -0.2) is 0 Å². The lowest BCUT2D eigenvalue weighted by Gasteiger charge is -2.24. The molecular formula is C15H22N2. The lowest BCUT2D eigenvalue weighted by atomic mass is 9.83. The van der Waals surface area contributed by atoms with Gasteiger partial charge in [0.2, 0.25) is 0 Å². The first kappa shape index (κ1) is 12.3. The van der Waals surface area contributed by atoms with E-state index in [0.717, 1.165) is 18.2 Å². The van der Waals surface area contributed by atoms with Crippen molar-refractivity contribution in [3.63, 3.8) is 0 Å². The number of likely N-dealkylation sites (N-methyl/N-ethyl adjacent to an activating group) is 1. The van der Waals surface area contributed by atoms with E-state index in [-0.39, 0.29) is 0 Å². The molecule has 1 aromatic heterocycles. The minimum Gasteiger partial charge on any atom is -0.316 e. The van der Waals surface area contributed by atoms with E-state index in [2.05, 4.69) is 28.5 Å². The van der Waals surface area contributed by atoms with Crippen LogP contribution in [-0.2, 0) is 0 Å². The third kappa shape index (κ3) is 3.67. The average Bonchev–Trinajstić information content (AvgIpc) is 2.40. The Hall–Kier alpha value is -1.15. The molecule has 2 nitrogen and oxygen atoms in total. The van der Waals surface area contributed by atoms with Gasteiger partial charge in [0.05, 0.1) is 5.69 Å². The zero-order valence-electron chi connectivity index (χ0n) is 10.7. The van der Waals surface area contributed by atoms with Gasteiger partial charge in [0.1, 0.15) is 0 Å². The maximum Gasteiger partial charge on any atom is 0.0629 e. The monoisotopic (exact) mass is 230 g/mol. The summed E-state index contributed by atoms with van der Waals surface area (Å²) in [6.45, 7) is 0.987. The lowest BCUT2D eigenvalue weighted by molar-refractivity contribution is 0.398. The molecule has 2 heteroatoms. The predicted molar refractivity (Wildman–Crippen MR) is 72.7 cm³/mol. The van der Waals surface area contributed by atoms with Gasteiger partial charge in [-0.2, -0.15) is 0 Å². The predicted octanol–water partition coefficient (Wildman–Crippen LogP) is 3.26. The Labute approximate surface area is 104 Å². The Morgan fingerprint density at radius 2 is 2.18 bits per heavy atom. The van der Waals surface area contributed by atoms with Gasteiger partial charge in [-0.15, -0.1) is 0 Å². The first-order valence-corrected chi connectivity index (χ1v) is 6.66. The van der Waals surface area contributed by atoms with Crippen molar-refractivity contribution in [2.45, 2.75) is 32.1 Å². The van der Waals surface area contributed by atoms with E-state index in [9.17, 15) is 0 Å². The second-order valence-corrected chi connectivity index (χ2v) is 4.84. The summed E-state index contributed by atoms with van der Waals surface area (Å²) in [5, 5.41) is 3.29. The first-order chi connectivity index (χ1) is 8.40. The Balaban J connectivity index is 2.12. The van der Waals surface area contributed by atoms with Crippen LogP contribution in [0.3, 0.4) is 0 Å². The highest BCUT2D eigenvalue weighted by atomic mass is 14.8. The van der Waals surface area contributed by atoms with E-state index in [1.165, 1.54) is 37.7 Å². The Morgan fingerprint density at radius 3 is 2.82 bits per heavy atom. The number of hydrogen-bond acceptors (Lipinski definition) is 2. The van der Waals surface area contributed by atoms with E-state index in [1.807, 2.05) is 19.3 Å². The van der Waals surface area contributed by atoms with Crippen LogP contribution < -0.4 is 5.32 Å². The summed E-state index contributed by atoms with van der Waals surface area (Å²) < 4.78 is 0. The average molecular weight is 230 g/mol. The molecule has 0 atom stereocenters. The third-order valence-electron chi connectivity index (χ3n) is 3.53. The molecule has 1 N–H and O–H groups in total. The van der Waals surface area contributed by atoms with Crippen LogP contribution in [0.1, 0.15) is 37.8 Å². The van der Waals surface area contributed by atoms with Crippen molar-refractivity contribution < 1.29 is 0 Å². The van der Waals surface area contributed by atoms with Crippen LogP contribution >= 0.6 is 0 Å². The van der Waals surface area contributed by atoms with Crippen LogP contribution in [0, 0.1) is 5.92 Å². The van der Waals surface area contributed by atoms with E-state index >= 15 is 0 Å². The van der Waals surface area contributed by atoms with Crippen LogP contribution in [0.5, 0.6) is 0 Å². The molecule has 0 bridgehead atoms. The van der Waals surface area contributed by atoms with E-state index < -0.39 is 0 Å².